The minimum Gasteiger partial charge on any atom is -0.393 e. The van der Waals surface area contributed by atoms with Crippen molar-refractivity contribution in [2.75, 3.05) is 20.1 Å². The highest BCUT2D eigenvalue weighted by Crippen LogP contribution is 2.58. The van der Waals surface area contributed by atoms with Gasteiger partial charge in [0.15, 0.2) is 5.78 Å². The number of aliphatic hydroxyl groups is 2. The number of aliphatic hydroxyl groups excluding tert-OH is 1. The summed E-state index contributed by atoms with van der Waals surface area (Å²) in [5, 5.41) is 23.7. The first-order valence-electron chi connectivity index (χ1n) is 17.8. The molecule has 4 aromatic carbocycles. The van der Waals surface area contributed by atoms with Crippen molar-refractivity contribution in [1.29, 1.82) is 0 Å². The fraction of sp³-hybridized carbons (Fsp3) is 0.386. The Labute approximate surface area is 287 Å². The van der Waals surface area contributed by atoms with Crippen LogP contribution in [0.15, 0.2) is 115 Å². The van der Waals surface area contributed by atoms with Crippen molar-refractivity contribution in [3.8, 4) is 11.1 Å². The van der Waals surface area contributed by atoms with Crippen molar-refractivity contribution >= 4 is 5.78 Å². The van der Waals surface area contributed by atoms with E-state index in [1.54, 1.807) is 0 Å². The highest BCUT2D eigenvalue weighted by Gasteiger charge is 2.57. The van der Waals surface area contributed by atoms with Gasteiger partial charge in [-0.25, -0.2) is 0 Å². The average Bonchev–Trinajstić information content (AvgIpc) is 3.35. The van der Waals surface area contributed by atoms with Crippen LogP contribution >= 0.6 is 0 Å². The molecule has 0 amide bonds. The van der Waals surface area contributed by atoms with Gasteiger partial charge in [-0.3, -0.25) is 4.79 Å². The van der Waals surface area contributed by atoms with Crippen molar-refractivity contribution in [1.82, 2.24) is 4.90 Å². The number of fused-ring (bicyclic) bond motifs is 8. The minimum absolute atomic E-state index is 0.00129. The molecule has 0 spiro atoms. The van der Waals surface area contributed by atoms with E-state index in [1.165, 1.54) is 11.1 Å². The van der Waals surface area contributed by atoms with Crippen LogP contribution in [-0.4, -0.2) is 52.7 Å². The number of carbonyl (C=O) groups is 1. The Hall–Kier alpha value is -3.83. The molecule has 4 aromatic rings. The summed E-state index contributed by atoms with van der Waals surface area (Å²) < 4.78 is 0. The summed E-state index contributed by atoms with van der Waals surface area (Å²) in [6, 6.07) is 34.8. The van der Waals surface area contributed by atoms with E-state index in [0.29, 0.717) is 36.9 Å². The number of hydrogen-bond acceptors (Lipinski definition) is 4. The van der Waals surface area contributed by atoms with Gasteiger partial charge in [0.25, 0.3) is 0 Å². The maximum atomic E-state index is 14.8. The Morgan fingerprint density at radius 2 is 1.58 bits per heavy atom. The molecule has 48 heavy (non-hydrogen) atoms. The first-order chi connectivity index (χ1) is 23.2. The molecule has 0 aliphatic heterocycles. The van der Waals surface area contributed by atoms with Crippen molar-refractivity contribution < 1.29 is 15.0 Å². The second-order valence-corrected chi connectivity index (χ2v) is 14.7. The zero-order valence-electron chi connectivity index (χ0n) is 28.9. The maximum absolute atomic E-state index is 14.8. The summed E-state index contributed by atoms with van der Waals surface area (Å²) in [7, 11) is 2.13. The van der Waals surface area contributed by atoms with Crippen LogP contribution in [0.25, 0.3) is 11.1 Å². The summed E-state index contributed by atoms with van der Waals surface area (Å²) in [6.45, 7) is 5.88. The molecule has 1 fully saturated rings. The summed E-state index contributed by atoms with van der Waals surface area (Å²) in [5.74, 6) is 0.00452. The zero-order chi connectivity index (χ0) is 33.7. The third-order valence-electron chi connectivity index (χ3n) is 11.3. The van der Waals surface area contributed by atoms with Crippen LogP contribution in [0.3, 0.4) is 0 Å². The number of nitrogens with zero attached hydrogens (tertiary/aromatic N) is 1. The van der Waals surface area contributed by atoms with E-state index in [0.717, 1.165) is 60.9 Å². The van der Waals surface area contributed by atoms with E-state index >= 15 is 0 Å². The lowest BCUT2D eigenvalue weighted by Gasteiger charge is -2.45. The first-order valence-corrected chi connectivity index (χ1v) is 17.8. The summed E-state index contributed by atoms with van der Waals surface area (Å²) in [5.41, 5.74) is 6.51. The number of carbonyl (C=O) groups excluding carboxylic acids is 1. The van der Waals surface area contributed by atoms with Crippen molar-refractivity contribution in [3.63, 3.8) is 0 Å². The SMILES string of the molecule is CC1=CCC[C@@]2(C)[C@@H](CC[C@@]2(O)CN(C)CCc2ccccc2)c2ccc(cc2C(=O)c2ccccc2-c2ccccc2)C[C@@H](O)CC1. The lowest BCUT2D eigenvalue weighted by Crippen LogP contribution is -2.52. The van der Waals surface area contributed by atoms with Crippen molar-refractivity contribution in [2.24, 2.45) is 5.41 Å². The molecule has 250 valence electrons. The Bertz CT molecular complexity index is 1730. The Morgan fingerprint density at radius 1 is 0.875 bits per heavy atom. The summed E-state index contributed by atoms with van der Waals surface area (Å²) in [4.78, 5) is 17.1. The molecule has 0 saturated heterocycles. The first kappa shape index (κ1) is 34.0. The third kappa shape index (κ3) is 7.27. The quantitative estimate of drug-likeness (QED) is 0.149. The predicted octanol–water partition coefficient (Wildman–Crippen LogP) is 8.80. The van der Waals surface area contributed by atoms with Crippen LogP contribution in [0.1, 0.15) is 90.9 Å². The zero-order valence-corrected chi connectivity index (χ0v) is 28.9. The van der Waals surface area contributed by atoms with Crippen LogP contribution in [0.4, 0.5) is 0 Å². The van der Waals surface area contributed by atoms with Crippen LogP contribution in [-0.2, 0) is 12.8 Å². The van der Waals surface area contributed by atoms with Gasteiger partial charge in [-0.05, 0) is 105 Å². The van der Waals surface area contributed by atoms with E-state index in [2.05, 4.69) is 80.4 Å². The number of hydrogen-bond donors (Lipinski definition) is 2. The largest absolute Gasteiger partial charge is 0.393 e. The minimum atomic E-state index is -0.918. The monoisotopic (exact) mass is 641 g/mol. The third-order valence-corrected chi connectivity index (χ3v) is 11.3. The average molecular weight is 642 g/mol. The molecule has 7 rings (SSSR count). The molecule has 0 aromatic heterocycles. The van der Waals surface area contributed by atoms with Crippen LogP contribution in [0, 0.1) is 5.41 Å². The number of ketones is 1. The van der Waals surface area contributed by atoms with Gasteiger partial charge in [0.05, 0.1) is 11.7 Å². The number of rotatable bonds is 8. The molecule has 0 heterocycles. The van der Waals surface area contributed by atoms with Gasteiger partial charge >= 0.3 is 0 Å². The van der Waals surface area contributed by atoms with Crippen molar-refractivity contribution in [3.05, 3.63) is 143 Å². The molecule has 4 atom stereocenters. The Kier molecular flexibility index (Phi) is 10.5. The maximum Gasteiger partial charge on any atom is 0.193 e. The standard InChI is InChI=1S/C44H51NO3/c1-32-13-12-26-43(2)41(24-27-44(43,48)31-45(3)28-25-33-14-6-4-7-15-33)38-23-21-34(29-36(46)22-20-32)30-40(38)42(47)39-19-11-10-18-37(39)35-16-8-5-9-17-35/h4-11,13-19,21,23,30,36,41,46,48H,12,20,22,24-29,31H2,1-3H3/t36-,41-,43-,44+/m0/s1. The van der Waals surface area contributed by atoms with E-state index in [-0.39, 0.29) is 11.7 Å². The van der Waals surface area contributed by atoms with Crippen LogP contribution in [0.5, 0.6) is 0 Å². The van der Waals surface area contributed by atoms with E-state index in [1.807, 2.05) is 54.6 Å². The molecule has 4 nitrogen and oxygen atoms in total. The molecule has 0 radical (unpaired) electrons. The highest BCUT2D eigenvalue weighted by atomic mass is 16.3. The highest BCUT2D eigenvalue weighted by molar-refractivity contribution is 6.13. The van der Waals surface area contributed by atoms with Crippen LogP contribution in [0.2, 0.25) is 0 Å². The molecule has 3 aliphatic rings. The molecule has 0 unspecified atom stereocenters. The Morgan fingerprint density at radius 3 is 2.35 bits per heavy atom. The van der Waals surface area contributed by atoms with Gasteiger partial charge in [-0.2, -0.15) is 0 Å². The number of benzene rings is 4. The van der Waals surface area contributed by atoms with Gasteiger partial charge in [0, 0.05) is 29.6 Å². The fourth-order valence-electron chi connectivity index (χ4n) is 8.38. The molecule has 1 saturated carbocycles. The molecule has 4 heteroatoms. The molecular formula is C44H51NO3. The summed E-state index contributed by atoms with van der Waals surface area (Å²) in [6.07, 6.45) is 7.94. The second kappa shape index (κ2) is 14.7. The smallest absolute Gasteiger partial charge is 0.193 e. The lowest BCUT2D eigenvalue weighted by molar-refractivity contribution is -0.0798. The number of allylic oxidation sites excluding steroid dienone is 2. The fourth-order valence-corrected chi connectivity index (χ4v) is 8.38. The molecule has 3 aliphatic carbocycles. The molecular weight excluding hydrogens is 590 g/mol. The van der Waals surface area contributed by atoms with Gasteiger partial charge in [0.1, 0.15) is 0 Å². The van der Waals surface area contributed by atoms with Gasteiger partial charge in [-0.15, -0.1) is 0 Å². The van der Waals surface area contributed by atoms with E-state index < -0.39 is 17.1 Å². The van der Waals surface area contributed by atoms with Crippen molar-refractivity contribution in [2.45, 2.75) is 82.8 Å². The molecule has 2 bridgehead atoms. The lowest BCUT2D eigenvalue weighted by atomic mass is 9.64. The van der Waals surface area contributed by atoms with E-state index in [4.69, 9.17) is 0 Å². The summed E-state index contributed by atoms with van der Waals surface area (Å²) >= 11 is 0. The Balaban J connectivity index is 1.40. The predicted molar refractivity (Wildman–Crippen MR) is 196 cm³/mol. The van der Waals surface area contributed by atoms with Gasteiger partial charge in [-0.1, -0.05) is 116 Å². The normalized spacial score (nSPS) is 24.6. The second-order valence-electron chi connectivity index (χ2n) is 14.7. The van der Waals surface area contributed by atoms with Crippen LogP contribution < -0.4 is 0 Å². The van der Waals surface area contributed by atoms with Gasteiger partial charge < -0.3 is 15.1 Å². The number of likely N-dealkylation sites (N-methyl/N-ethyl adjacent to an activating group) is 1. The topological polar surface area (TPSA) is 60.8 Å². The molecule has 2 N–H and O–H groups in total. The van der Waals surface area contributed by atoms with Gasteiger partial charge in [0.2, 0.25) is 0 Å². The van der Waals surface area contributed by atoms with E-state index in [9.17, 15) is 15.0 Å².